The second-order valence-electron chi connectivity index (χ2n) is 5.01. The van der Waals surface area contributed by atoms with Gasteiger partial charge in [-0.3, -0.25) is 4.79 Å². The van der Waals surface area contributed by atoms with Crippen molar-refractivity contribution >= 4 is 18.3 Å². The molecule has 20 heavy (non-hydrogen) atoms. The molecule has 1 fully saturated rings. The first-order chi connectivity index (χ1) is 9.25. The van der Waals surface area contributed by atoms with Crippen molar-refractivity contribution in [3.8, 4) is 0 Å². The van der Waals surface area contributed by atoms with E-state index in [1.807, 2.05) is 30.3 Å². The minimum atomic E-state index is -0.242. The highest BCUT2D eigenvalue weighted by atomic mass is 35.5. The van der Waals surface area contributed by atoms with Crippen molar-refractivity contribution in [2.45, 2.75) is 37.8 Å². The summed E-state index contributed by atoms with van der Waals surface area (Å²) in [6.45, 7) is 1.41. The zero-order valence-electron chi connectivity index (χ0n) is 11.6. The van der Waals surface area contributed by atoms with Crippen LogP contribution in [0.3, 0.4) is 0 Å². The van der Waals surface area contributed by atoms with Gasteiger partial charge in [-0.15, -0.1) is 12.4 Å². The fraction of sp³-hybridized carbons (Fsp3) is 0.533. The molecule has 1 aromatic carbocycles. The van der Waals surface area contributed by atoms with Gasteiger partial charge in [0.25, 0.3) is 0 Å². The molecule has 2 unspecified atom stereocenters. The summed E-state index contributed by atoms with van der Waals surface area (Å²) in [5.41, 5.74) is 7.00. The van der Waals surface area contributed by atoms with E-state index in [-0.39, 0.29) is 30.5 Å². The van der Waals surface area contributed by atoms with E-state index in [0.29, 0.717) is 13.0 Å². The van der Waals surface area contributed by atoms with Gasteiger partial charge in [-0.1, -0.05) is 30.3 Å². The molecule has 1 aromatic rings. The number of rotatable bonds is 5. The van der Waals surface area contributed by atoms with Crippen molar-refractivity contribution < 1.29 is 9.53 Å². The smallest absolute Gasteiger partial charge is 0.221 e. The molecule has 1 amide bonds. The first-order valence-corrected chi connectivity index (χ1v) is 6.94. The molecular weight excluding hydrogens is 276 g/mol. The van der Waals surface area contributed by atoms with Crippen molar-refractivity contribution in [2.24, 2.45) is 5.73 Å². The number of carbonyl (C=O) groups excluding carboxylic acids is 1. The quantitative estimate of drug-likeness (QED) is 0.876. The summed E-state index contributed by atoms with van der Waals surface area (Å²) in [5, 5.41) is 2.91. The molecule has 1 aliphatic rings. The minimum Gasteiger partial charge on any atom is -0.376 e. The maximum Gasteiger partial charge on any atom is 0.221 e. The van der Waals surface area contributed by atoms with Crippen molar-refractivity contribution in [1.82, 2.24) is 5.32 Å². The normalized spacial score (nSPS) is 19.8. The van der Waals surface area contributed by atoms with Crippen LogP contribution < -0.4 is 11.1 Å². The minimum absolute atomic E-state index is 0. The fourth-order valence-electron chi connectivity index (χ4n) is 2.29. The second kappa shape index (κ2) is 8.95. The molecule has 1 heterocycles. The molecule has 0 bridgehead atoms. The standard InChI is InChI=1S/C15H22N2O2.ClH/c16-14(12-6-2-1-3-7-12)10-15(18)17-11-13-8-4-5-9-19-13;/h1-3,6-7,13-14H,4-5,8-11,16H2,(H,17,18);1H. The van der Waals surface area contributed by atoms with E-state index >= 15 is 0 Å². The summed E-state index contributed by atoms with van der Waals surface area (Å²) in [7, 11) is 0. The lowest BCUT2D eigenvalue weighted by Gasteiger charge is -2.23. The average Bonchev–Trinajstić information content (AvgIpc) is 2.47. The molecule has 0 aromatic heterocycles. The summed E-state index contributed by atoms with van der Waals surface area (Å²) in [4.78, 5) is 11.8. The Morgan fingerprint density at radius 1 is 1.35 bits per heavy atom. The highest BCUT2D eigenvalue weighted by Crippen LogP contribution is 2.14. The van der Waals surface area contributed by atoms with Crippen LogP contribution in [0.4, 0.5) is 0 Å². The molecule has 1 saturated heterocycles. The maximum atomic E-state index is 11.8. The van der Waals surface area contributed by atoms with E-state index in [1.54, 1.807) is 0 Å². The van der Waals surface area contributed by atoms with E-state index in [2.05, 4.69) is 5.32 Å². The van der Waals surface area contributed by atoms with Crippen LogP contribution in [-0.4, -0.2) is 25.2 Å². The van der Waals surface area contributed by atoms with Crippen LogP contribution in [0, 0.1) is 0 Å². The molecule has 0 spiro atoms. The van der Waals surface area contributed by atoms with Crippen LogP contribution in [0.5, 0.6) is 0 Å². The van der Waals surface area contributed by atoms with Crippen molar-refractivity contribution in [1.29, 1.82) is 0 Å². The third-order valence-corrected chi connectivity index (χ3v) is 3.43. The third-order valence-electron chi connectivity index (χ3n) is 3.43. The van der Waals surface area contributed by atoms with Gasteiger partial charge in [-0.05, 0) is 24.8 Å². The van der Waals surface area contributed by atoms with E-state index < -0.39 is 0 Å². The van der Waals surface area contributed by atoms with Gasteiger partial charge in [0.2, 0.25) is 5.91 Å². The Kier molecular flexibility index (Phi) is 7.59. The number of amides is 1. The van der Waals surface area contributed by atoms with Gasteiger partial charge in [-0.25, -0.2) is 0 Å². The lowest BCUT2D eigenvalue weighted by molar-refractivity contribution is -0.122. The molecule has 2 atom stereocenters. The number of halogens is 1. The van der Waals surface area contributed by atoms with E-state index in [0.717, 1.165) is 25.0 Å². The number of hydrogen-bond donors (Lipinski definition) is 2. The van der Waals surface area contributed by atoms with Crippen LogP contribution >= 0.6 is 12.4 Å². The lowest BCUT2D eigenvalue weighted by atomic mass is 10.0. The molecule has 3 N–H and O–H groups in total. The summed E-state index contributed by atoms with van der Waals surface area (Å²) >= 11 is 0. The van der Waals surface area contributed by atoms with Crippen LogP contribution in [0.15, 0.2) is 30.3 Å². The van der Waals surface area contributed by atoms with Gasteiger partial charge in [0, 0.05) is 25.6 Å². The van der Waals surface area contributed by atoms with Crippen LogP contribution in [0.1, 0.15) is 37.3 Å². The molecule has 0 aliphatic carbocycles. The first-order valence-electron chi connectivity index (χ1n) is 6.94. The zero-order valence-corrected chi connectivity index (χ0v) is 12.4. The van der Waals surface area contributed by atoms with Crippen LogP contribution in [-0.2, 0) is 9.53 Å². The topological polar surface area (TPSA) is 64.4 Å². The Bertz CT molecular complexity index is 394. The summed E-state index contributed by atoms with van der Waals surface area (Å²) in [5.74, 6) is -0.00877. The first kappa shape index (κ1) is 17.0. The molecule has 1 aliphatic heterocycles. The fourth-order valence-corrected chi connectivity index (χ4v) is 2.29. The van der Waals surface area contributed by atoms with Gasteiger partial charge >= 0.3 is 0 Å². The van der Waals surface area contributed by atoms with E-state index in [9.17, 15) is 4.79 Å². The molecular formula is C15H23ClN2O2. The van der Waals surface area contributed by atoms with Gasteiger partial charge in [0.1, 0.15) is 0 Å². The van der Waals surface area contributed by atoms with Gasteiger partial charge in [0.05, 0.1) is 6.10 Å². The van der Waals surface area contributed by atoms with Crippen LogP contribution in [0.25, 0.3) is 0 Å². The van der Waals surface area contributed by atoms with Gasteiger partial charge in [0.15, 0.2) is 0 Å². The van der Waals surface area contributed by atoms with E-state index in [4.69, 9.17) is 10.5 Å². The van der Waals surface area contributed by atoms with Gasteiger partial charge < -0.3 is 15.8 Å². The second-order valence-corrected chi connectivity index (χ2v) is 5.01. The summed E-state index contributed by atoms with van der Waals surface area (Å²) < 4.78 is 5.57. The summed E-state index contributed by atoms with van der Waals surface area (Å²) in [6.07, 6.45) is 3.83. The number of ether oxygens (including phenoxy) is 1. The Labute approximate surface area is 126 Å². The zero-order chi connectivity index (χ0) is 13.5. The number of hydrogen-bond acceptors (Lipinski definition) is 3. The predicted octanol–water partition coefficient (Wildman–Crippen LogP) is 2.18. The monoisotopic (exact) mass is 298 g/mol. The lowest BCUT2D eigenvalue weighted by Crippen LogP contribution is -2.36. The van der Waals surface area contributed by atoms with Gasteiger partial charge in [-0.2, -0.15) is 0 Å². The SMILES string of the molecule is Cl.NC(CC(=O)NCC1CCCCO1)c1ccccc1. The number of benzene rings is 1. The Morgan fingerprint density at radius 2 is 2.10 bits per heavy atom. The average molecular weight is 299 g/mol. The number of nitrogens with two attached hydrogens (primary N) is 1. The van der Waals surface area contributed by atoms with Crippen molar-refractivity contribution in [2.75, 3.05) is 13.2 Å². The van der Waals surface area contributed by atoms with Crippen molar-refractivity contribution in [3.63, 3.8) is 0 Å². The highest BCUT2D eigenvalue weighted by Gasteiger charge is 2.16. The Hall–Kier alpha value is -1.10. The molecule has 0 saturated carbocycles. The Morgan fingerprint density at radius 3 is 2.75 bits per heavy atom. The summed E-state index contributed by atoms with van der Waals surface area (Å²) in [6, 6.07) is 9.46. The molecule has 4 nitrogen and oxygen atoms in total. The number of nitrogens with one attached hydrogen (secondary N) is 1. The molecule has 0 radical (unpaired) electrons. The maximum absolute atomic E-state index is 11.8. The van der Waals surface area contributed by atoms with E-state index in [1.165, 1.54) is 6.42 Å². The Balaban J connectivity index is 0.00000200. The molecule has 5 heteroatoms. The predicted molar refractivity (Wildman–Crippen MR) is 81.8 cm³/mol. The third kappa shape index (κ3) is 5.49. The molecule has 112 valence electrons. The van der Waals surface area contributed by atoms with Crippen molar-refractivity contribution in [3.05, 3.63) is 35.9 Å². The highest BCUT2D eigenvalue weighted by molar-refractivity contribution is 5.85. The van der Waals surface area contributed by atoms with Crippen LogP contribution in [0.2, 0.25) is 0 Å². The molecule has 2 rings (SSSR count). The largest absolute Gasteiger partial charge is 0.376 e. The number of carbonyl (C=O) groups is 1.